The molecule has 8 heteroatoms. The summed E-state index contributed by atoms with van der Waals surface area (Å²) in [6.07, 6.45) is 4.50. The van der Waals surface area contributed by atoms with E-state index in [1.807, 2.05) is 0 Å². The molecule has 0 bridgehead atoms. The number of halogens is 1. The molecule has 2 rings (SSSR count). The maximum absolute atomic E-state index is 11.3. The van der Waals surface area contributed by atoms with E-state index in [0.717, 1.165) is 38.9 Å². The van der Waals surface area contributed by atoms with Crippen LogP contribution in [-0.4, -0.2) is 60.2 Å². The fourth-order valence-electron chi connectivity index (χ4n) is 2.26. The Balaban J connectivity index is 0.00000242. The van der Waals surface area contributed by atoms with Crippen LogP contribution in [0.15, 0.2) is 12.3 Å². The summed E-state index contributed by atoms with van der Waals surface area (Å²) in [5.74, 6) is -0.494. The normalized spacial score (nSPS) is 15.9. The lowest BCUT2D eigenvalue weighted by Gasteiger charge is -2.29. The highest BCUT2D eigenvalue weighted by molar-refractivity contribution is 5.87. The zero-order valence-corrected chi connectivity index (χ0v) is 13.6. The molecule has 0 saturated carbocycles. The molecule has 0 aromatic carbocycles. The van der Waals surface area contributed by atoms with Crippen LogP contribution in [0.25, 0.3) is 0 Å². The first-order chi connectivity index (χ1) is 10.2. The average molecular weight is 331 g/mol. The van der Waals surface area contributed by atoms with Crippen LogP contribution in [0.3, 0.4) is 0 Å². The molecule has 2 N–H and O–H groups in total. The van der Waals surface area contributed by atoms with E-state index < -0.39 is 5.97 Å². The van der Waals surface area contributed by atoms with Gasteiger partial charge < -0.3 is 20.1 Å². The van der Waals surface area contributed by atoms with Crippen molar-refractivity contribution in [3.05, 3.63) is 18.0 Å². The maximum Gasteiger partial charge on any atom is 0.356 e. The van der Waals surface area contributed by atoms with Crippen molar-refractivity contribution in [2.45, 2.75) is 25.3 Å². The molecule has 7 nitrogen and oxygen atoms in total. The first-order valence-corrected chi connectivity index (χ1v) is 7.21. The quantitative estimate of drug-likeness (QED) is 0.611. The Bertz CT molecular complexity index is 467. The van der Waals surface area contributed by atoms with Crippen molar-refractivity contribution in [1.29, 1.82) is 0 Å². The molecule has 1 aromatic heterocycles. The predicted molar refractivity (Wildman–Crippen MR) is 84.4 cm³/mol. The second-order valence-corrected chi connectivity index (χ2v) is 5.10. The molecule has 1 saturated heterocycles. The molecule has 0 atom stereocenters. The zero-order valence-electron chi connectivity index (χ0n) is 12.7. The average Bonchev–Trinajstić information content (AvgIpc) is 2.53. The second-order valence-electron chi connectivity index (χ2n) is 5.10. The van der Waals surface area contributed by atoms with Crippen LogP contribution < -0.4 is 10.5 Å². The van der Waals surface area contributed by atoms with Gasteiger partial charge in [0.2, 0.25) is 0 Å². The monoisotopic (exact) mass is 330 g/mol. The molecule has 0 amide bonds. The lowest BCUT2D eigenvalue weighted by atomic mass is 10.1. The van der Waals surface area contributed by atoms with E-state index in [-0.39, 0.29) is 24.1 Å². The Labute approximate surface area is 136 Å². The van der Waals surface area contributed by atoms with Gasteiger partial charge in [0.25, 0.3) is 0 Å². The minimum Gasteiger partial charge on any atom is -0.464 e. The highest BCUT2D eigenvalue weighted by atomic mass is 35.5. The first-order valence-electron chi connectivity index (χ1n) is 7.21. The molecule has 0 aliphatic carbocycles. The number of carbonyl (C=O) groups is 1. The van der Waals surface area contributed by atoms with Gasteiger partial charge in [0, 0.05) is 18.8 Å². The number of piperidine rings is 1. The molecule has 1 fully saturated rings. The van der Waals surface area contributed by atoms with Gasteiger partial charge in [-0.25, -0.2) is 9.78 Å². The lowest BCUT2D eigenvalue weighted by Crippen LogP contribution is -2.40. The van der Waals surface area contributed by atoms with Crippen molar-refractivity contribution in [2.24, 2.45) is 5.73 Å². The third kappa shape index (κ3) is 5.75. The molecule has 1 aromatic rings. The van der Waals surface area contributed by atoms with Gasteiger partial charge in [0.05, 0.1) is 13.7 Å². The van der Waals surface area contributed by atoms with Crippen LogP contribution in [0.4, 0.5) is 0 Å². The molecule has 0 radical (unpaired) electrons. The van der Waals surface area contributed by atoms with Gasteiger partial charge in [-0.05, 0) is 38.4 Å². The van der Waals surface area contributed by atoms with Crippen LogP contribution >= 0.6 is 12.4 Å². The SMILES string of the molecule is COC(=O)c1ccnc(OCCCN2CCC(N)CC2)n1.Cl. The number of aromatic nitrogens is 2. The van der Waals surface area contributed by atoms with Crippen molar-refractivity contribution < 1.29 is 14.3 Å². The Morgan fingerprint density at radius 2 is 2.18 bits per heavy atom. The van der Waals surface area contributed by atoms with Crippen LogP contribution in [-0.2, 0) is 4.74 Å². The van der Waals surface area contributed by atoms with E-state index >= 15 is 0 Å². The molecule has 0 unspecified atom stereocenters. The van der Waals surface area contributed by atoms with Crippen molar-refractivity contribution in [3.8, 4) is 6.01 Å². The Morgan fingerprint density at radius 3 is 2.86 bits per heavy atom. The summed E-state index contributed by atoms with van der Waals surface area (Å²) in [7, 11) is 1.31. The van der Waals surface area contributed by atoms with Crippen molar-refractivity contribution in [3.63, 3.8) is 0 Å². The second kappa shape index (κ2) is 9.55. The van der Waals surface area contributed by atoms with E-state index in [1.165, 1.54) is 19.4 Å². The number of methoxy groups -OCH3 is 1. The third-order valence-electron chi connectivity index (χ3n) is 3.51. The fourth-order valence-corrected chi connectivity index (χ4v) is 2.26. The van der Waals surface area contributed by atoms with Crippen LogP contribution in [0.5, 0.6) is 6.01 Å². The number of nitrogens with zero attached hydrogens (tertiary/aromatic N) is 3. The van der Waals surface area contributed by atoms with E-state index in [9.17, 15) is 4.79 Å². The number of ether oxygens (including phenoxy) is 2. The predicted octanol–water partition coefficient (Wildman–Crippen LogP) is 0.877. The van der Waals surface area contributed by atoms with Gasteiger partial charge in [-0.3, -0.25) is 0 Å². The van der Waals surface area contributed by atoms with Gasteiger partial charge in [0.15, 0.2) is 5.69 Å². The Kier molecular flexibility index (Phi) is 8.08. The lowest BCUT2D eigenvalue weighted by molar-refractivity contribution is 0.0592. The number of likely N-dealkylation sites (tertiary alicyclic amines) is 1. The number of esters is 1. The van der Waals surface area contributed by atoms with Gasteiger partial charge in [-0.1, -0.05) is 0 Å². The van der Waals surface area contributed by atoms with Gasteiger partial charge in [0.1, 0.15) is 0 Å². The first kappa shape index (κ1) is 18.6. The zero-order chi connectivity index (χ0) is 15.1. The van der Waals surface area contributed by atoms with E-state index in [4.69, 9.17) is 10.5 Å². The third-order valence-corrected chi connectivity index (χ3v) is 3.51. The van der Waals surface area contributed by atoms with Crippen molar-refractivity contribution in [1.82, 2.24) is 14.9 Å². The van der Waals surface area contributed by atoms with E-state index in [0.29, 0.717) is 12.6 Å². The van der Waals surface area contributed by atoms with Crippen molar-refractivity contribution >= 4 is 18.4 Å². The Hall–Kier alpha value is -1.44. The minimum atomic E-state index is -0.494. The smallest absolute Gasteiger partial charge is 0.356 e. The van der Waals surface area contributed by atoms with Gasteiger partial charge >= 0.3 is 12.0 Å². The number of hydrogen-bond acceptors (Lipinski definition) is 7. The topological polar surface area (TPSA) is 90.6 Å². The summed E-state index contributed by atoms with van der Waals surface area (Å²) in [6.45, 7) is 3.60. The largest absolute Gasteiger partial charge is 0.464 e. The van der Waals surface area contributed by atoms with E-state index in [2.05, 4.69) is 19.6 Å². The molecule has 2 heterocycles. The van der Waals surface area contributed by atoms with Gasteiger partial charge in [-0.2, -0.15) is 4.98 Å². The van der Waals surface area contributed by atoms with E-state index in [1.54, 1.807) is 0 Å². The minimum absolute atomic E-state index is 0. The summed E-state index contributed by atoms with van der Waals surface area (Å²) < 4.78 is 10.1. The molecular formula is C14H23ClN4O3. The summed E-state index contributed by atoms with van der Waals surface area (Å²) in [5, 5.41) is 0. The Morgan fingerprint density at radius 1 is 1.45 bits per heavy atom. The number of carbonyl (C=O) groups excluding carboxylic acids is 1. The van der Waals surface area contributed by atoms with Crippen LogP contribution in [0, 0.1) is 0 Å². The molecule has 1 aliphatic rings. The number of hydrogen-bond donors (Lipinski definition) is 1. The van der Waals surface area contributed by atoms with Crippen LogP contribution in [0.1, 0.15) is 29.8 Å². The summed E-state index contributed by atoms with van der Waals surface area (Å²) in [5.41, 5.74) is 6.07. The van der Waals surface area contributed by atoms with Gasteiger partial charge in [-0.15, -0.1) is 12.4 Å². The molecule has 1 aliphatic heterocycles. The van der Waals surface area contributed by atoms with Crippen molar-refractivity contribution in [2.75, 3.05) is 33.4 Å². The standard InChI is InChI=1S/C14H22N4O3.ClH/c1-20-13(19)12-3-6-16-14(17-12)21-10-2-7-18-8-4-11(15)5-9-18;/h3,6,11H,2,4-5,7-10,15H2,1H3;1H. The number of rotatable bonds is 6. The highest BCUT2D eigenvalue weighted by Crippen LogP contribution is 2.09. The van der Waals surface area contributed by atoms with Crippen LogP contribution in [0.2, 0.25) is 0 Å². The summed E-state index contributed by atoms with van der Waals surface area (Å²) in [6, 6.07) is 2.06. The number of nitrogens with two attached hydrogens (primary N) is 1. The molecular weight excluding hydrogens is 308 g/mol. The summed E-state index contributed by atoms with van der Waals surface area (Å²) in [4.78, 5) is 21.7. The molecule has 124 valence electrons. The summed E-state index contributed by atoms with van der Waals surface area (Å²) >= 11 is 0. The molecule has 0 spiro atoms. The highest BCUT2D eigenvalue weighted by Gasteiger charge is 2.15. The fraction of sp³-hybridized carbons (Fsp3) is 0.643. The molecule has 22 heavy (non-hydrogen) atoms. The maximum atomic E-state index is 11.3.